The Morgan fingerprint density at radius 1 is 1.24 bits per heavy atom. The first-order valence-electron chi connectivity index (χ1n) is 8.94. The van der Waals surface area contributed by atoms with Gasteiger partial charge in [-0.2, -0.15) is 0 Å². The quantitative estimate of drug-likeness (QED) is 0.785. The maximum Gasteiger partial charge on any atom is 0.223 e. The van der Waals surface area contributed by atoms with Crippen molar-refractivity contribution >= 4 is 5.91 Å². The summed E-state index contributed by atoms with van der Waals surface area (Å²) in [4.78, 5) is 16.3. The summed E-state index contributed by atoms with van der Waals surface area (Å²) in [7, 11) is 0. The first-order chi connectivity index (χ1) is 12.3. The number of aromatic nitrogens is 2. The molecule has 1 aromatic heterocycles. The van der Waals surface area contributed by atoms with Crippen LogP contribution in [0.5, 0.6) is 11.5 Å². The van der Waals surface area contributed by atoms with E-state index in [1.165, 1.54) is 5.56 Å². The molecule has 0 spiro atoms. The molecule has 2 aliphatic rings. The van der Waals surface area contributed by atoms with Gasteiger partial charge in [-0.05, 0) is 42.9 Å². The number of hydrogen-bond acceptors (Lipinski definition) is 4. The second-order valence-corrected chi connectivity index (χ2v) is 6.65. The Labute approximate surface area is 147 Å². The third kappa shape index (κ3) is 3.78. The summed E-state index contributed by atoms with van der Waals surface area (Å²) in [5.74, 6) is 2.17. The van der Waals surface area contributed by atoms with Gasteiger partial charge >= 0.3 is 0 Å². The van der Waals surface area contributed by atoms with Crippen LogP contribution in [0.15, 0.2) is 36.9 Å². The van der Waals surface area contributed by atoms with E-state index in [-0.39, 0.29) is 11.8 Å². The minimum Gasteiger partial charge on any atom is -0.486 e. The molecule has 2 atom stereocenters. The first kappa shape index (κ1) is 16.0. The average Bonchev–Trinajstić information content (AvgIpc) is 3.29. The molecule has 0 saturated heterocycles. The van der Waals surface area contributed by atoms with Crippen molar-refractivity contribution < 1.29 is 14.3 Å². The Kier molecular flexibility index (Phi) is 4.59. The van der Waals surface area contributed by atoms with Crippen LogP contribution in [0.4, 0.5) is 0 Å². The number of hydrogen-bond donors (Lipinski definition) is 1. The lowest BCUT2D eigenvalue weighted by atomic mass is 10.1. The molecule has 1 aromatic carbocycles. The van der Waals surface area contributed by atoms with Gasteiger partial charge in [0.25, 0.3) is 0 Å². The number of unbranched alkanes of at least 4 members (excludes halogenated alkanes) is 1. The van der Waals surface area contributed by atoms with E-state index in [0.29, 0.717) is 19.1 Å². The molecule has 0 unspecified atom stereocenters. The highest BCUT2D eigenvalue weighted by Gasteiger charge is 2.44. The van der Waals surface area contributed by atoms with Crippen molar-refractivity contribution in [1.82, 2.24) is 14.9 Å². The fourth-order valence-electron chi connectivity index (χ4n) is 3.32. The van der Waals surface area contributed by atoms with Crippen molar-refractivity contribution in [3.8, 4) is 11.5 Å². The first-order valence-corrected chi connectivity index (χ1v) is 8.94. The molecule has 2 heterocycles. The van der Waals surface area contributed by atoms with E-state index in [4.69, 9.17) is 9.47 Å². The van der Waals surface area contributed by atoms with Crippen molar-refractivity contribution in [3.63, 3.8) is 0 Å². The lowest BCUT2D eigenvalue weighted by Gasteiger charge is -2.18. The zero-order valence-corrected chi connectivity index (χ0v) is 14.2. The summed E-state index contributed by atoms with van der Waals surface area (Å²) >= 11 is 0. The van der Waals surface area contributed by atoms with Gasteiger partial charge in [0, 0.05) is 31.4 Å². The normalized spacial score (nSPS) is 21.0. The molecule has 4 rings (SSSR count). The lowest BCUT2D eigenvalue weighted by molar-refractivity contribution is -0.122. The molecule has 1 N–H and O–H groups in total. The smallest absolute Gasteiger partial charge is 0.223 e. The fraction of sp³-hybridized carbons (Fsp3) is 0.474. The van der Waals surface area contributed by atoms with Gasteiger partial charge < -0.3 is 19.4 Å². The predicted molar refractivity (Wildman–Crippen MR) is 92.8 cm³/mol. The lowest BCUT2D eigenvalue weighted by Crippen LogP contribution is -2.26. The van der Waals surface area contributed by atoms with Crippen molar-refractivity contribution in [1.29, 1.82) is 0 Å². The zero-order chi connectivity index (χ0) is 17.1. The van der Waals surface area contributed by atoms with Gasteiger partial charge in [0.2, 0.25) is 5.91 Å². The summed E-state index contributed by atoms with van der Waals surface area (Å²) in [6.45, 7) is 2.86. The summed E-state index contributed by atoms with van der Waals surface area (Å²) in [5, 5.41) is 3.07. The molecule has 2 aromatic rings. The van der Waals surface area contributed by atoms with Crippen molar-refractivity contribution in [3.05, 3.63) is 42.5 Å². The van der Waals surface area contributed by atoms with E-state index in [0.717, 1.165) is 43.9 Å². The average molecular weight is 341 g/mol. The van der Waals surface area contributed by atoms with E-state index in [1.807, 2.05) is 24.7 Å². The number of rotatable bonds is 7. The third-order valence-electron chi connectivity index (χ3n) is 4.82. The number of benzene rings is 1. The largest absolute Gasteiger partial charge is 0.486 e. The Hall–Kier alpha value is -2.50. The molecule has 25 heavy (non-hydrogen) atoms. The molecule has 0 radical (unpaired) electrons. The van der Waals surface area contributed by atoms with Crippen molar-refractivity contribution in [2.75, 3.05) is 19.8 Å². The second-order valence-electron chi connectivity index (χ2n) is 6.65. The maximum absolute atomic E-state index is 12.3. The molecule has 1 saturated carbocycles. The van der Waals surface area contributed by atoms with Crippen molar-refractivity contribution in [2.45, 2.75) is 31.7 Å². The van der Waals surface area contributed by atoms with Crippen molar-refractivity contribution in [2.24, 2.45) is 5.92 Å². The van der Waals surface area contributed by atoms with Crippen LogP contribution in [-0.2, 0) is 11.3 Å². The minimum absolute atomic E-state index is 0.0937. The number of carbonyl (C=O) groups excluding carboxylic acids is 1. The topological polar surface area (TPSA) is 65.4 Å². The van der Waals surface area contributed by atoms with Gasteiger partial charge in [0.15, 0.2) is 11.5 Å². The van der Waals surface area contributed by atoms with Crippen LogP contribution < -0.4 is 14.8 Å². The SMILES string of the molecule is O=C(NCCCCn1ccnc1)[C@H]1C[C@H]1c1ccc2c(c1)OCCO2. The Bertz CT molecular complexity index is 730. The van der Waals surface area contributed by atoms with Crippen LogP contribution in [0, 0.1) is 5.92 Å². The highest BCUT2D eigenvalue weighted by molar-refractivity contribution is 5.82. The van der Waals surface area contributed by atoms with Crippen LogP contribution in [0.2, 0.25) is 0 Å². The summed E-state index contributed by atoms with van der Waals surface area (Å²) in [6, 6.07) is 6.03. The number of imidazole rings is 1. The monoisotopic (exact) mass is 341 g/mol. The molecule has 1 aliphatic heterocycles. The Balaban J connectivity index is 1.20. The number of amides is 1. The number of aryl methyl sites for hydroxylation is 1. The standard InChI is InChI=1S/C19H23N3O3/c23-19(21-5-1-2-7-22-8-6-20-13-22)16-12-15(16)14-3-4-17-18(11-14)25-10-9-24-17/h3-4,6,8,11,13,15-16H,1-2,5,7,9-10,12H2,(H,21,23)/t15-,16-/m0/s1. The number of nitrogens with one attached hydrogen (secondary N) is 1. The maximum atomic E-state index is 12.3. The number of ether oxygens (including phenoxy) is 2. The molecule has 6 heteroatoms. The summed E-state index contributed by atoms with van der Waals surface area (Å²) in [5.41, 5.74) is 1.17. The van der Waals surface area contributed by atoms with Crippen LogP contribution in [0.3, 0.4) is 0 Å². The van der Waals surface area contributed by atoms with E-state index in [2.05, 4.69) is 20.9 Å². The van der Waals surface area contributed by atoms with E-state index < -0.39 is 0 Å². The van der Waals surface area contributed by atoms with E-state index >= 15 is 0 Å². The Morgan fingerprint density at radius 3 is 2.96 bits per heavy atom. The van der Waals surface area contributed by atoms with E-state index in [9.17, 15) is 4.79 Å². The van der Waals surface area contributed by atoms with Gasteiger partial charge in [-0.15, -0.1) is 0 Å². The van der Waals surface area contributed by atoms with Crippen LogP contribution in [0.1, 0.15) is 30.7 Å². The van der Waals surface area contributed by atoms with Crippen LogP contribution >= 0.6 is 0 Å². The number of carbonyl (C=O) groups is 1. The van der Waals surface area contributed by atoms with E-state index in [1.54, 1.807) is 6.20 Å². The highest BCUT2D eigenvalue weighted by atomic mass is 16.6. The molecular formula is C19H23N3O3. The molecule has 6 nitrogen and oxygen atoms in total. The minimum atomic E-state index is 0.0937. The fourth-order valence-corrected chi connectivity index (χ4v) is 3.32. The predicted octanol–water partition coefficient (Wildman–Crippen LogP) is 2.35. The molecule has 1 aliphatic carbocycles. The number of nitrogens with zero attached hydrogens (tertiary/aromatic N) is 2. The molecule has 0 bridgehead atoms. The molecule has 1 amide bonds. The molecule has 132 valence electrons. The van der Waals surface area contributed by atoms with Crippen LogP contribution in [0.25, 0.3) is 0 Å². The van der Waals surface area contributed by atoms with Gasteiger partial charge in [0.05, 0.1) is 6.33 Å². The van der Waals surface area contributed by atoms with Gasteiger partial charge in [-0.1, -0.05) is 6.07 Å². The van der Waals surface area contributed by atoms with Gasteiger partial charge in [0.1, 0.15) is 13.2 Å². The zero-order valence-electron chi connectivity index (χ0n) is 14.2. The van der Waals surface area contributed by atoms with Gasteiger partial charge in [-0.3, -0.25) is 4.79 Å². The summed E-state index contributed by atoms with van der Waals surface area (Å²) < 4.78 is 13.2. The third-order valence-corrected chi connectivity index (χ3v) is 4.82. The second kappa shape index (κ2) is 7.17. The van der Waals surface area contributed by atoms with Crippen LogP contribution in [-0.4, -0.2) is 35.2 Å². The summed E-state index contributed by atoms with van der Waals surface area (Å²) in [6.07, 6.45) is 8.49. The molecule has 1 fully saturated rings. The molecular weight excluding hydrogens is 318 g/mol. The highest BCUT2D eigenvalue weighted by Crippen LogP contribution is 2.49. The number of fused-ring (bicyclic) bond motifs is 1. The van der Waals surface area contributed by atoms with Gasteiger partial charge in [-0.25, -0.2) is 4.98 Å². The Morgan fingerprint density at radius 2 is 2.12 bits per heavy atom.